The first kappa shape index (κ1) is 13.8. The van der Waals surface area contributed by atoms with Crippen LogP contribution in [0.5, 0.6) is 0 Å². The molecule has 0 unspecified atom stereocenters. The highest BCUT2D eigenvalue weighted by Crippen LogP contribution is 2.29. The molecule has 3 aromatic rings. The lowest BCUT2D eigenvalue weighted by Crippen LogP contribution is -2.26. The van der Waals surface area contributed by atoms with Crippen molar-refractivity contribution in [3.63, 3.8) is 0 Å². The summed E-state index contributed by atoms with van der Waals surface area (Å²) in [5.74, 6) is -0.180. The number of pyridine rings is 1. The topological polar surface area (TPSA) is 52.7 Å². The molecule has 1 atom stereocenters. The lowest BCUT2D eigenvalue weighted by Gasteiger charge is -2.11. The number of aromatic nitrogens is 4. The first-order valence-corrected chi connectivity index (χ1v) is 7.20. The third-order valence-corrected chi connectivity index (χ3v) is 4.02. The van der Waals surface area contributed by atoms with Gasteiger partial charge in [-0.3, -0.25) is 9.55 Å². The highest BCUT2D eigenvalue weighted by Gasteiger charge is 2.29. The number of halogens is 2. The van der Waals surface area contributed by atoms with Crippen molar-refractivity contribution < 1.29 is 8.78 Å². The van der Waals surface area contributed by atoms with Gasteiger partial charge in [0.2, 0.25) is 0 Å². The number of fused-ring (bicyclic) bond motifs is 1. The minimum absolute atomic E-state index is 0.283. The third kappa shape index (κ3) is 2.25. The molecule has 1 aromatic carbocycles. The van der Waals surface area contributed by atoms with Crippen molar-refractivity contribution in [2.45, 2.75) is 18.9 Å². The van der Waals surface area contributed by atoms with Crippen LogP contribution in [0.4, 0.5) is 8.78 Å². The molecule has 0 aliphatic carbocycles. The predicted octanol–water partition coefficient (Wildman–Crippen LogP) is 2.24. The molecular weight excluding hydrogens is 302 g/mol. The molecule has 1 aliphatic rings. The molecule has 0 radical (unpaired) electrons. The zero-order valence-corrected chi connectivity index (χ0v) is 12.0. The lowest BCUT2D eigenvalue weighted by atomic mass is 10.1. The minimum Gasteiger partial charge on any atom is -0.271 e. The molecule has 0 fully saturated rings. The molecule has 0 amide bonds. The van der Waals surface area contributed by atoms with E-state index < -0.39 is 5.82 Å². The SMILES string of the molecule is O=c1n(-c2ccc(F)cc2)nc2n1[C@H](c1cncc(F)c1)CC2. The predicted molar refractivity (Wildman–Crippen MR) is 78.4 cm³/mol. The number of benzene rings is 1. The van der Waals surface area contributed by atoms with Crippen LogP contribution in [-0.4, -0.2) is 19.3 Å². The van der Waals surface area contributed by atoms with Gasteiger partial charge in [-0.25, -0.2) is 13.6 Å². The quantitative estimate of drug-likeness (QED) is 0.729. The van der Waals surface area contributed by atoms with Gasteiger partial charge in [0, 0.05) is 12.6 Å². The highest BCUT2D eigenvalue weighted by molar-refractivity contribution is 5.31. The van der Waals surface area contributed by atoms with Crippen LogP contribution in [0, 0.1) is 11.6 Å². The van der Waals surface area contributed by atoms with E-state index in [1.54, 1.807) is 10.8 Å². The van der Waals surface area contributed by atoms with Crippen molar-refractivity contribution in [3.8, 4) is 5.69 Å². The van der Waals surface area contributed by atoms with Crippen LogP contribution in [0.25, 0.3) is 5.69 Å². The van der Waals surface area contributed by atoms with Crippen molar-refractivity contribution in [2.75, 3.05) is 0 Å². The average molecular weight is 314 g/mol. The van der Waals surface area contributed by atoms with Crippen molar-refractivity contribution in [1.29, 1.82) is 0 Å². The molecule has 0 spiro atoms. The van der Waals surface area contributed by atoms with Crippen LogP contribution in [0.3, 0.4) is 0 Å². The summed E-state index contributed by atoms with van der Waals surface area (Å²) in [4.78, 5) is 16.5. The molecule has 7 heteroatoms. The Kier molecular flexibility index (Phi) is 3.07. The van der Waals surface area contributed by atoms with Crippen molar-refractivity contribution in [1.82, 2.24) is 19.3 Å². The van der Waals surface area contributed by atoms with Crippen molar-refractivity contribution in [3.05, 3.63) is 76.2 Å². The summed E-state index contributed by atoms with van der Waals surface area (Å²) in [5, 5.41) is 4.32. The van der Waals surface area contributed by atoms with Gasteiger partial charge >= 0.3 is 5.69 Å². The summed E-state index contributed by atoms with van der Waals surface area (Å²) in [5.41, 5.74) is 0.817. The largest absolute Gasteiger partial charge is 0.351 e. The Morgan fingerprint density at radius 2 is 1.87 bits per heavy atom. The van der Waals surface area contributed by atoms with Crippen molar-refractivity contribution in [2.24, 2.45) is 0 Å². The molecule has 0 saturated carbocycles. The number of rotatable bonds is 2. The molecule has 0 bridgehead atoms. The second-order valence-electron chi connectivity index (χ2n) is 5.45. The van der Waals surface area contributed by atoms with Gasteiger partial charge in [-0.2, -0.15) is 4.68 Å². The fourth-order valence-electron chi connectivity index (χ4n) is 2.97. The van der Waals surface area contributed by atoms with E-state index in [0.717, 1.165) is 6.20 Å². The first-order chi connectivity index (χ1) is 11.1. The Bertz CT molecular complexity index is 930. The van der Waals surface area contributed by atoms with Crippen LogP contribution in [0.1, 0.15) is 23.9 Å². The van der Waals surface area contributed by atoms with E-state index in [1.165, 1.54) is 35.0 Å². The molecular formula is C16H12F2N4O. The molecule has 0 saturated heterocycles. The molecule has 2 aromatic heterocycles. The molecule has 4 rings (SSSR count). The monoisotopic (exact) mass is 314 g/mol. The zero-order valence-electron chi connectivity index (χ0n) is 12.0. The average Bonchev–Trinajstić information content (AvgIpc) is 3.09. The maximum Gasteiger partial charge on any atom is 0.351 e. The van der Waals surface area contributed by atoms with Crippen molar-refractivity contribution >= 4 is 0 Å². The maximum atomic E-state index is 13.4. The maximum absolute atomic E-state index is 13.4. The summed E-state index contributed by atoms with van der Waals surface area (Å²) in [6.07, 6.45) is 3.98. The lowest BCUT2D eigenvalue weighted by molar-refractivity contribution is 0.569. The van der Waals surface area contributed by atoms with Crippen LogP contribution in [0.2, 0.25) is 0 Å². The van der Waals surface area contributed by atoms with Gasteiger partial charge in [0.15, 0.2) is 0 Å². The summed E-state index contributed by atoms with van der Waals surface area (Å²) >= 11 is 0. The Labute approximate surface area is 129 Å². The molecule has 1 aliphatic heterocycles. The second-order valence-corrected chi connectivity index (χ2v) is 5.45. The van der Waals surface area contributed by atoms with E-state index in [-0.39, 0.29) is 17.5 Å². The fraction of sp³-hybridized carbons (Fsp3) is 0.188. The summed E-state index contributed by atoms with van der Waals surface area (Å²) in [6.45, 7) is 0. The van der Waals surface area contributed by atoms with E-state index in [0.29, 0.717) is 29.9 Å². The van der Waals surface area contributed by atoms with Crippen LogP contribution in [-0.2, 0) is 6.42 Å². The van der Waals surface area contributed by atoms with Gasteiger partial charge in [0.1, 0.15) is 17.5 Å². The standard InChI is InChI=1S/C16H12F2N4O/c17-11-1-3-13(4-2-11)22-16(23)21-14(5-6-15(21)20-22)10-7-12(18)9-19-8-10/h1-4,7-9,14H,5-6H2/t14-/m0/s1. The van der Waals surface area contributed by atoms with E-state index in [9.17, 15) is 13.6 Å². The number of hydrogen-bond acceptors (Lipinski definition) is 3. The van der Waals surface area contributed by atoms with E-state index in [1.807, 2.05) is 0 Å². The minimum atomic E-state index is -0.435. The third-order valence-electron chi connectivity index (χ3n) is 4.02. The van der Waals surface area contributed by atoms with Gasteiger partial charge < -0.3 is 0 Å². The Morgan fingerprint density at radius 3 is 2.61 bits per heavy atom. The zero-order chi connectivity index (χ0) is 16.0. The number of hydrogen-bond donors (Lipinski definition) is 0. The smallest absolute Gasteiger partial charge is 0.271 e. The Balaban J connectivity index is 1.81. The number of nitrogens with zero attached hydrogens (tertiary/aromatic N) is 4. The number of aryl methyl sites for hydroxylation is 1. The normalized spacial score (nSPS) is 16.5. The van der Waals surface area contributed by atoms with Gasteiger partial charge in [-0.1, -0.05) is 0 Å². The Morgan fingerprint density at radius 1 is 1.09 bits per heavy atom. The summed E-state index contributed by atoms with van der Waals surface area (Å²) < 4.78 is 29.2. The fourth-order valence-corrected chi connectivity index (χ4v) is 2.97. The second kappa shape index (κ2) is 5.12. The Hall–Kier alpha value is -2.83. The van der Waals surface area contributed by atoms with E-state index in [2.05, 4.69) is 10.1 Å². The summed E-state index contributed by atoms with van der Waals surface area (Å²) in [6, 6.07) is 6.65. The molecule has 23 heavy (non-hydrogen) atoms. The van der Waals surface area contributed by atoms with Crippen LogP contribution in [0.15, 0.2) is 47.5 Å². The van der Waals surface area contributed by atoms with Crippen LogP contribution < -0.4 is 5.69 Å². The highest BCUT2D eigenvalue weighted by atomic mass is 19.1. The van der Waals surface area contributed by atoms with Gasteiger partial charge in [-0.05, 0) is 42.3 Å². The van der Waals surface area contributed by atoms with Gasteiger partial charge in [-0.15, -0.1) is 5.10 Å². The van der Waals surface area contributed by atoms with Crippen LogP contribution >= 0.6 is 0 Å². The van der Waals surface area contributed by atoms with Gasteiger partial charge in [0.05, 0.1) is 17.9 Å². The van der Waals surface area contributed by atoms with Gasteiger partial charge in [0.25, 0.3) is 0 Å². The summed E-state index contributed by atoms with van der Waals surface area (Å²) in [7, 11) is 0. The van der Waals surface area contributed by atoms with E-state index in [4.69, 9.17) is 0 Å². The molecule has 3 heterocycles. The first-order valence-electron chi connectivity index (χ1n) is 7.20. The molecule has 5 nitrogen and oxygen atoms in total. The van der Waals surface area contributed by atoms with E-state index >= 15 is 0 Å². The molecule has 0 N–H and O–H groups in total. The molecule has 116 valence electrons.